The lowest BCUT2D eigenvalue weighted by Gasteiger charge is -2.15. The van der Waals surface area contributed by atoms with Crippen molar-refractivity contribution in [3.8, 4) is 0 Å². The van der Waals surface area contributed by atoms with Crippen LogP contribution in [0.25, 0.3) is 10.8 Å². The molecule has 0 aromatic heterocycles. The number of para-hydroxylation sites is 1. The zero-order valence-corrected chi connectivity index (χ0v) is 14.2. The summed E-state index contributed by atoms with van der Waals surface area (Å²) in [4.78, 5) is 34.6. The van der Waals surface area contributed by atoms with Crippen molar-refractivity contribution in [2.24, 2.45) is 0 Å². The summed E-state index contributed by atoms with van der Waals surface area (Å²) in [5, 5.41) is 24.8. The van der Waals surface area contributed by atoms with Crippen molar-refractivity contribution in [2.45, 2.75) is 12.5 Å². The SMILES string of the molecule is O=C(N[C@H](Cc1ccccc1[N+](=O)[O-])C(=O)O)c1ccc2ccccc2c1. The van der Waals surface area contributed by atoms with Crippen molar-refractivity contribution in [3.05, 3.63) is 88.0 Å². The van der Waals surface area contributed by atoms with Crippen LogP contribution in [0.4, 0.5) is 5.69 Å². The van der Waals surface area contributed by atoms with Crippen LogP contribution in [-0.4, -0.2) is 27.9 Å². The second kappa shape index (κ2) is 7.65. The molecular weight excluding hydrogens is 348 g/mol. The van der Waals surface area contributed by atoms with Gasteiger partial charge in [0.25, 0.3) is 11.6 Å². The number of fused-ring (bicyclic) bond motifs is 1. The molecule has 0 bridgehead atoms. The molecular formula is C20H16N2O5. The number of hydrogen-bond acceptors (Lipinski definition) is 4. The summed E-state index contributed by atoms with van der Waals surface area (Å²) >= 11 is 0. The lowest BCUT2D eigenvalue weighted by atomic mass is 10.0. The molecule has 7 heteroatoms. The molecule has 0 aliphatic heterocycles. The van der Waals surface area contributed by atoms with Crippen LogP contribution < -0.4 is 5.32 Å². The van der Waals surface area contributed by atoms with Crippen LogP contribution in [-0.2, 0) is 11.2 Å². The molecule has 136 valence electrons. The van der Waals surface area contributed by atoms with E-state index < -0.39 is 22.8 Å². The third-order valence-electron chi connectivity index (χ3n) is 4.23. The maximum Gasteiger partial charge on any atom is 0.326 e. The number of nitrogens with zero attached hydrogens (tertiary/aromatic N) is 1. The number of nitrogens with one attached hydrogen (secondary N) is 1. The second-order valence-corrected chi connectivity index (χ2v) is 6.02. The Kier molecular flexibility index (Phi) is 5.12. The molecule has 0 spiro atoms. The van der Waals surface area contributed by atoms with E-state index in [2.05, 4.69) is 5.32 Å². The number of rotatable bonds is 6. The lowest BCUT2D eigenvalue weighted by Crippen LogP contribution is -2.42. The van der Waals surface area contributed by atoms with Crippen LogP contribution >= 0.6 is 0 Å². The molecule has 0 heterocycles. The monoisotopic (exact) mass is 364 g/mol. The standard InChI is InChI=1S/C20H16N2O5/c23-19(16-10-9-13-5-1-2-6-14(13)11-16)21-17(20(24)25)12-15-7-3-4-8-18(15)22(26)27/h1-11,17H,12H2,(H,21,23)(H,24,25)/t17-/m1/s1. The summed E-state index contributed by atoms with van der Waals surface area (Å²) in [6.07, 6.45) is -0.189. The largest absolute Gasteiger partial charge is 0.480 e. The molecule has 0 radical (unpaired) electrons. The number of carboxylic acids is 1. The molecule has 0 aliphatic rings. The van der Waals surface area contributed by atoms with Crippen molar-refractivity contribution in [1.29, 1.82) is 0 Å². The first-order valence-electron chi connectivity index (χ1n) is 8.20. The molecule has 27 heavy (non-hydrogen) atoms. The molecule has 1 atom stereocenters. The van der Waals surface area contributed by atoms with Crippen LogP contribution in [0.3, 0.4) is 0 Å². The summed E-state index contributed by atoms with van der Waals surface area (Å²) in [5.41, 5.74) is 0.389. The van der Waals surface area contributed by atoms with Gasteiger partial charge in [-0.3, -0.25) is 14.9 Å². The summed E-state index contributed by atoms with van der Waals surface area (Å²) in [5.74, 6) is -1.81. The average molecular weight is 364 g/mol. The number of hydrogen-bond donors (Lipinski definition) is 2. The molecule has 0 unspecified atom stereocenters. The summed E-state index contributed by atoms with van der Waals surface area (Å²) in [7, 11) is 0. The van der Waals surface area contributed by atoms with Crippen LogP contribution in [0.15, 0.2) is 66.7 Å². The molecule has 1 amide bonds. The van der Waals surface area contributed by atoms with Gasteiger partial charge in [-0.15, -0.1) is 0 Å². The van der Waals surface area contributed by atoms with Crippen molar-refractivity contribution >= 4 is 28.3 Å². The van der Waals surface area contributed by atoms with E-state index in [9.17, 15) is 24.8 Å². The Hall–Kier alpha value is -3.74. The molecule has 7 nitrogen and oxygen atoms in total. The van der Waals surface area contributed by atoms with E-state index in [0.717, 1.165) is 10.8 Å². The number of nitro groups is 1. The fourth-order valence-electron chi connectivity index (χ4n) is 2.85. The van der Waals surface area contributed by atoms with Crippen molar-refractivity contribution in [3.63, 3.8) is 0 Å². The Morgan fingerprint density at radius 2 is 1.67 bits per heavy atom. The van der Waals surface area contributed by atoms with E-state index >= 15 is 0 Å². The Labute approximate surface area is 154 Å². The molecule has 3 rings (SSSR count). The third kappa shape index (κ3) is 4.09. The van der Waals surface area contributed by atoms with Gasteiger partial charge < -0.3 is 10.4 Å². The first-order chi connectivity index (χ1) is 13.0. The van der Waals surface area contributed by atoms with E-state index in [0.29, 0.717) is 5.56 Å². The molecule has 0 aliphatic carbocycles. The van der Waals surface area contributed by atoms with Gasteiger partial charge in [-0.1, -0.05) is 48.5 Å². The third-order valence-corrected chi connectivity index (χ3v) is 4.23. The van der Waals surface area contributed by atoms with Gasteiger partial charge in [0.2, 0.25) is 0 Å². The van der Waals surface area contributed by atoms with Crippen molar-refractivity contribution in [1.82, 2.24) is 5.32 Å². The quantitative estimate of drug-likeness (QED) is 0.516. The molecule has 2 N–H and O–H groups in total. The summed E-state index contributed by atoms with van der Waals surface area (Å²) in [6, 6.07) is 17.2. The van der Waals surface area contributed by atoms with Gasteiger partial charge in [0.15, 0.2) is 0 Å². The highest BCUT2D eigenvalue weighted by Gasteiger charge is 2.24. The number of carboxylic acid groups (broad SMARTS) is 1. The molecule has 3 aromatic rings. The highest BCUT2D eigenvalue weighted by molar-refractivity contribution is 6.00. The van der Waals surface area contributed by atoms with Crippen LogP contribution in [0.1, 0.15) is 15.9 Å². The number of carbonyl (C=O) groups excluding carboxylic acids is 1. The maximum atomic E-state index is 12.5. The van der Waals surface area contributed by atoms with Gasteiger partial charge in [0.05, 0.1) is 4.92 Å². The minimum absolute atomic E-state index is 0.177. The molecule has 0 saturated carbocycles. The van der Waals surface area contributed by atoms with Crippen LogP contribution in [0, 0.1) is 10.1 Å². The first kappa shape index (κ1) is 18.1. The van der Waals surface area contributed by atoms with Crippen LogP contribution in [0.5, 0.6) is 0 Å². The topological polar surface area (TPSA) is 110 Å². The smallest absolute Gasteiger partial charge is 0.326 e. The van der Waals surface area contributed by atoms with Gasteiger partial charge in [-0.05, 0) is 22.9 Å². The Morgan fingerprint density at radius 1 is 1.00 bits per heavy atom. The number of nitro benzene ring substituents is 1. The Balaban J connectivity index is 1.82. The van der Waals surface area contributed by atoms with E-state index in [1.54, 1.807) is 24.3 Å². The first-order valence-corrected chi connectivity index (χ1v) is 8.20. The fraction of sp³-hybridized carbons (Fsp3) is 0.100. The van der Waals surface area contributed by atoms with Gasteiger partial charge in [-0.2, -0.15) is 0 Å². The minimum atomic E-state index is -1.29. The van der Waals surface area contributed by atoms with E-state index in [1.165, 1.54) is 18.2 Å². The average Bonchev–Trinajstić information content (AvgIpc) is 2.67. The van der Waals surface area contributed by atoms with Gasteiger partial charge in [0.1, 0.15) is 6.04 Å². The van der Waals surface area contributed by atoms with Gasteiger partial charge in [0, 0.05) is 23.6 Å². The lowest BCUT2D eigenvalue weighted by molar-refractivity contribution is -0.385. The van der Waals surface area contributed by atoms with Gasteiger partial charge >= 0.3 is 5.97 Å². The number of benzene rings is 3. The van der Waals surface area contributed by atoms with E-state index in [4.69, 9.17) is 0 Å². The van der Waals surface area contributed by atoms with Crippen LogP contribution in [0.2, 0.25) is 0 Å². The van der Waals surface area contributed by atoms with Gasteiger partial charge in [-0.25, -0.2) is 4.79 Å². The predicted molar refractivity (Wildman–Crippen MR) is 99.6 cm³/mol. The van der Waals surface area contributed by atoms with E-state index in [-0.39, 0.29) is 17.7 Å². The van der Waals surface area contributed by atoms with Crippen molar-refractivity contribution in [2.75, 3.05) is 0 Å². The maximum absolute atomic E-state index is 12.5. The summed E-state index contributed by atoms with van der Waals surface area (Å²) < 4.78 is 0. The summed E-state index contributed by atoms with van der Waals surface area (Å²) in [6.45, 7) is 0. The highest BCUT2D eigenvalue weighted by Crippen LogP contribution is 2.20. The predicted octanol–water partition coefficient (Wildman–Crippen LogP) is 3.17. The number of aliphatic carboxylic acids is 1. The molecule has 0 saturated heterocycles. The zero-order chi connectivity index (χ0) is 19.4. The minimum Gasteiger partial charge on any atom is -0.480 e. The highest BCUT2D eigenvalue weighted by atomic mass is 16.6. The normalized spacial score (nSPS) is 11.7. The second-order valence-electron chi connectivity index (χ2n) is 6.02. The van der Waals surface area contributed by atoms with Crippen molar-refractivity contribution < 1.29 is 19.6 Å². The Bertz CT molecular complexity index is 1030. The molecule has 3 aromatic carbocycles. The fourth-order valence-corrected chi connectivity index (χ4v) is 2.85. The Morgan fingerprint density at radius 3 is 2.37 bits per heavy atom. The van der Waals surface area contributed by atoms with E-state index in [1.807, 2.05) is 24.3 Å². The number of carbonyl (C=O) groups is 2. The molecule has 0 fully saturated rings. The number of amides is 1. The zero-order valence-electron chi connectivity index (χ0n) is 14.2.